The molecular formula is C13H18N2O. The highest BCUT2D eigenvalue weighted by Gasteiger charge is 2.10. The first-order valence-corrected chi connectivity index (χ1v) is 5.32. The Morgan fingerprint density at radius 2 is 2.19 bits per heavy atom. The van der Waals surface area contributed by atoms with Crippen LogP contribution in [0.5, 0.6) is 0 Å². The summed E-state index contributed by atoms with van der Waals surface area (Å²) in [6.07, 6.45) is 0. The Hall–Kier alpha value is -1.53. The summed E-state index contributed by atoms with van der Waals surface area (Å²) < 4.78 is 5.13. The van der Waals surface area contributed by atoms with Crippen molar-refractivity contribution < 1.29 is 4.74 Å². The molecule has 3 nitrogen and oxygen atoms in total. The Morgan fingerprint density at radius 3 is 2.69 bits per heavy atom. The van der Waals surface area contributed by atoms with Crippen molar-refractivity contribution in [1.29, 1.82) is 5.26 Å². The zero-order valence-electron chi connectivity index (χ0n) is 10.3. The number of rotatable bonds is 4. The van der Waals surface area contributed by atoms with E-state index in [9.17, 15) is 0 Å². The third kappa shape index (κ3) is 2.74. The van der Waals surface area contributed by atoms with E-state index in [0.29, 0.717) is 12.6 Å². The van der Waals surface area contributed by atoms with Crippen LogP contribution in [0.15, 0.2) is 18.2 Å². The van der Waals surface area contributed by atoms with Gasteiger partial charge in [0.2, 0.25) is 0 Å². The van der Waals surface area contributed by atoms with E-state index in [1.807, 2.05) is 32.2 Å². The maximum Gasteiger partial charge on any atom is 0.0994 e. The number of nitrogens with zero attached hydrogens (tertiary/aromatic N) is 2. The molecule has 16 heavy (non-hydrogen) atoms. The van der Waals surface area contributed by atoms with E-state index in [4.69, 9.17) is 10.00 Å². The molecular weight excluding hydrogens is 200 g/mol. The van der Waals surface area contributed by atoms with E-state index in [1.54, 1.807) is 7.11 Å². The number of methoxy groups -OCH3 is 1. The van der Waals surface area contributed by atoms with Gasteiger partial charge in [0.05, 0.1) is 18.2 Å². The van der Waals surface area contributed by atoms with Gasteiger partial charge in [-0.05, 0) is 37.6 Å². The Balaban J connectivity index is 2.89. The highest BCUT2D eigenvalue weighted by molar-refractivity contribution is 5.53. The zero-order valence-corrected chi connectivity index (χ0v) is 10.3. The van der Waals surface area contributed by atoms with Gasteiger partial charge in [0.15, 0.2) is 0 Å². The molecule has 0 aliphatic rings. The first-order chi connectivity index (χ1) is 7.60. The van der Waals surface area contributed by atoms with Crippen LogP contribution < -0.4 is 4.90 Å². The smallest absolute Gasteiger partial charge is 0.0994 e. The molecule has 1 aromatic carbocycles. The lowest BCUT2D eigenvalue weighted by molar-refractivity contribution is 0.183. The third-order valence-electron chi connectivity index (χ3n) is 2.81. The minimum absolute atomic E-state index is 0.317. The minimum atomic E-state index is 0.317. The highest BCUT2D eigenvalue weighted by atomic mass is 16.5. The van der Waals surface area contributed by atoms with E-state index in [-0.39, 0.29) is 0 Å². The first kappa shape index (κ1) is 12.5. The van der Waals surface area contributed by atoms with Crippen LogP contribution in [0.4, 0.5) is 5.69 Å². The summed E-state index contributed by atoms with van der Waals surface area (Å²) in [4.78, 5) is 2.15. The summed E-state index contributed by atoms with van der Waals surface area (Å²) in [6.45, 7) is 4.75. The lowest BCUT2D eigenvalue weighted by Crippen LogP contribution is -2.32. The van der Waals surface area contributed by atoms with Crippen molar-refractivity contribution in [2.75, 3.05) is 25.7 Å². The topological polar surface area (TPSA) is 36.3 Å². The lowest BCUT2D eigenvalue weighted by Gasteiger charge is -2.26. The average Bonchev–Trinajstić information content (AvgIpc) is 2.28. The molecule has 3 heteroatoms. The summed E-state index contributed by atoms with van der Waals surface area (Å²) in [5.41, 5.74) is 2.86. The van der Waals surface area contributed by atoms with Crippen LogP contribution in [-0.2, 0) is 4.74 Å². The molecule has 86 valence electrons. The molecule has 0 radical (unpaired) electrons. The van der Waals surface area contributed by atoms with E-state index >= 15 is 0 Å². The molecule has 0 fully saturated rings. The quantitative estimate of drug-likeness (QED) is 0.778. The summed E-state index contributed by atoms with van der Waals surface area (Å²) >= 11 is 0. The van der Waals surface area contributed by atoms with Gasteiger partial charge in [-0.2, -0.15) is 5.26 Å². The fourth-order valence-electron chi connectivity index (χ4n) is 1.60. The Labute approximate surface area is 97.3 Å². The van der Waals surface area contributed by atoms with Crippen molar-refractivity contribution in [1.82, 2.24) is 0 Å². The molecule has 0 aliphatic carbocycles. The number of ether oxygens (including phenoxy) is 1. The molecule has 1 aromatic rings. The molecule has 0 spiro atoms. The second-order valence-corrected chi connectivity index (χ2v) is 4.03. The molecule has 0 saturated heterocycles. The predicted octanol–water partition coefficient (Wildman–Crippen LogP) is 2.34. The number of hydrogen-bond donors (Lipinski definition) is 0. The molecule has 1 unspecified atom stereocenters. The molecule has 0 N–H and O–H groups in total. The van der Waals surface area contributed by atoms with Gasteiger partial charge in [0.25, 0.3) is 0 Å². The van der Waals surface area contributed by atoms with Crippen molar-refractivity contribution in [3.63, 3.8) is 0 Å². The van der Waals surface area contributed by atoms with Gasteiger partial charge in [-0.15, -0.1) is 0 Å². The van der Waals surface area contributed by atoms with Gasteiger partial charge >= 0.3 is 0 Å². The van der Waals surface area contributed by atoms with E-state index in [0.717, 1.165) is 16.8 Å². The summed E-state index contributed by atoms with van der Waals surface area (Å²) in [7, 11) is 3.73. The van der Waals surface area contributed by atoms with Gasteiger partial charge in [-0.1, -0.05) is 0 Å². The molecule has 1 atom stereocenters. The van der Waals surface area contributed by atoms with Crippen LogP contribution in [0.2, 0.25) is 0 Å². The predicted molar refractivity (Wildman–Crippen MR) is 65.6 cm³/mol. The van der Waals surface area contributed by atoms with E-state index in [1.165, 1.54) is 0 Å². The van der Waals surface area contributed by atoms with E-state index < -0.39 is 0 Å². The summed E-state index contributed by atoms with van der Waals surface area (Å²) in [5, 5.41) is 8.86. The van der Waals surface area contributed by atoms with Gasteiger partial charge in [0.1, 0.15) is 0 Å². The number of likely N-dealkylation sites (N-methyl/N-ethyl adjacent to an activating group) is 1. The number of benzene rings is 1. The van der Waals surface area contributed by atoms with E-state index in [2.05, 4.69) is 17.9 Å². The SMILES string of the molecule is COCC(C)N(C)c1ccc(C#N)c(C)c1. The normalized spacial score (nSPS) is 11.9. The summed E-state index contributed by atoms with van der Waals surface area (Å²) in [6, 6.07) is 8.35. The van der Waals surface area contributed by atoms with Crippen LogP contribution >= 0.6 is 0 Å². The fourth-order valence-corrected chi connectivity index (χ4v) is 1.60. The lowest BCUT2D eigenvalue weighted by atomic mass is 10.1. The maximum absolute atomic E-state index is 8.86. The zero-order chi connectivity index (χ0) is 12.1. The van der Waals surface area contributed by atoms with Crippen LogP contribution in [0.1, 0.15) is 18.1 Å². The Bertz CT molecular complexity index is 395. The van der Waals surface area contributed by atoms with Gasteiger partial charge < -0.3 is 9.64 Å². The Kier molecular flexibility index (Phi) is 4.33. The van der Waals surface area contributed by atoms with Crippen LogP contribution in [0, 0.1) is 18.3 Å². The molecule has 0 heterocycles. The second-order valence-electron chi connectivity index (χ2n) is 4.03. The second kappa shape index (κ2) is 5.53. The third-order valence-corrected chi connectivity index (χ3v) is 2.81. The fraction of sp³-hybridized carbons (Fsp3) is 0.462. The van der Waals surface area contributed by atoms with Gasteiger partial charge in [-0.25, -0.2) is 0 Å². The molecule has 0 aliphatic heterocycles. The molecule has 0 aromatic heterocycles. The Morgan fingerprint density at radius 1 is 1.50 bits per heavy atom. The number of hydrogen-bond acceptors (Lipinski definition) is 3. The van der Waals surface area contributed by atoms with Gasteiger partial charge in [-0.3, -0.25) is 0 Å². The van der Waals surface area contributed by atoms with Gasteiger partial charge in [0, 0.05) is 25.9 Å². The standard InChI is InChI=1S/C13H18N2O/c1-10-7-13(6-5-12(10)8-14)15(3)11(2)9-16-4/h5-7,11H,9H2,1-4H3. The number of anilines is 1. The molecule has 0 bridgehead atoms. The molecule has 0 saturated carbocycles. The maximum atomic E-state index is 8.86. The summed E-state index contributed by atoms with van der Waals surface area (Å²) in [5.74, 6) is 0. The van der Waals surface area contributed by atoms with Crippen molar-refractivity contribution in [3.8, 4) is 6.07 Å². The minimum Gasteiger partial charge on any atom is -0.383 e. The number of aryl methyl sites for hydroxylation is 1. The average molecular weight is 218 g/mol. The monoisotopic (exact) mass is 218 g/mol. The van der Waals surface area contributed by atoms with Crippen molar-refractivity contribution in [3.05, 3.63) is 29.3 Å². The van der Waals surface area contributed by atoms with Crippen LogP contribution in [0.25, 0.3) is 0 Å². The molecule has 0 amide bonds. The van der Waals surface area contributed by atoms with Crippen molar-refractivity contribution >= 4 is 5.69 Å². The first-order valence-electron chi connectivity index (χ1n) is 5.32. The van der Waals surface area contributed by atoms with Crippen molar-refractivity contribution in [2.24, 2.45) is 0 Å². The molecule has 1 rings (SSSR count). The van der Waals surface area contributed by atoms with Crippen LogP contribution in [0.3, 0.4) is 0 Å². The van der Waals surface area contributed by atoms with Crippen molar-refractivity contribution in [2.45, 2.75) is 19.9 Å². The largest absolute Gasteiger partial charge is 0.383 e. The highest BCUT2D eigenvalue weighted by Crippen LogP contribution is 2.19. The number of nitriles is 1. The van der Waals surface area contributed by atoms with Crippen LogP contribution in [-0.4, -0.2) is 26.8 Å².